The van der Waals surface area contributed by atoms with E-state index in [1.807, 2.05) is 24.4 Å². The fourth-order valence-electron chi connectivity index (χ4n) is 2.11. The lowest BCUT2D eigenvalue weighted by Gasteiger charge is -2.32. The minimum atomic E-state index is -0.922. The predicted molar refractivity (Wildman–Crippen MR) is 81.8 cm³/mol. The van der Waals surface area contributed by atoms with Gasteiger partial charge in [-0.25, -0.2) is 0 Å². The Morgan fingerprint density at radius 2 is 2.05 bits per heavy atom. The van der Waals surface area contributed by atoms with Gasteiger partial charge < -0.3 is 5.32 Å². The van der Waals surface area contributed by atoms with Crippen LogP contribution in [0.2, 0.25) is 0 Å². The van der Waals surface area contributed by atoms with Crippen LogP contribution in [-0.2, 0) is 4.79 Å². The van der Waals surface area contributed by atoms with Crippen molar-refractivity contribution in [2.24, 2.45) is 10.8 Å². The number of thiophene rings is 1. The van der Waals surface area contributed by atoms with Crippen molar-refractivity contribution in [2.75, 3.05) is 0 Å². The number of hydrogen-bond acceptors (Lipinski definition) is 2. The van der Waals surface area contributed by atoms with Crippen molar-refractivity contribution in [1.29, 1.82) is 0 Å². The zero-order valence-corrected chi connectivity index (χ0v) is 13.9. The maximum Gasteiger partial charge on any atom is 0.229 e. The lowest BCUT2D eigenvalue weighted by Crippen LogP contribution is -2.41. The number of rotatable bonds is 3. The molecule has 2 unspecified atom stereocenters. The maximum atomic E-state index is 12.4. The van der Waals surface area contributed by atoms with E-state index in [1.54, 1.807) is 11.3 Å². The van der Waals surface area contributed by atoms with Crippen LogP contribution in [0.1, 0.15) is 45.0 Å². The van der Waals surface area contributed by atoms with Crippen molar-refractivity contribution in [3.05, 3.63) is 22.4 Å². The molecule has 1 aromatic rings. The van der Waals surface area contributed by atoms with Crippen molar-refractivity contribution in [3.8, 4) is 0 Å². The second kappa shape index (κ2) is 4.64. The average molecular weight is 320 g/mol. The molecule has 1 fully saturated rings. The zero-order valence-electron chi connectivity index (χ0n) is 11.6. The molecule has 0 aromatic carbocycles. The molecule has 19 heavy (non-hydrogen) atoms. The largest absolute Gasteiger partial charge is 0.347 e. The minimum absolute atomic E-state index is 0.0263. The van der Waals surface area contributed by atoms with E-state index in [9.17, 15) is 4.79 Å². The van der Waals surface area contributed by atoms with E-state index in [2.05, 4.69) is 26.1 Å². The number of hydrogen-bond donors (Lipinski definition) is 1. The summed E-state index contributed by atoms with van der Waals surface area (Å²) >= 11 is 13.8. The van der Waals surface area contributed by atoms with Crippen LogP contribution in [0.4, 0.5) is 0 Å². The van der Waals surface area contributed by atoms with E-state index in [0.29, 0.717) is 6.42 Å². The lowest BCUT2D eigenvalue weighted by atomic mass is 9.85. The molecular weight excluding hydrogens is 301 g/mol. The highest BCUT2D eigenvalue weighted by molar-refractivity contribution is 7.10. The van der Waals surface area contributed by atoms with Crippen LogP contribution in [-0.4, -0.2) is 10.2 Å². The van der Waals surface area contributed by atoms with Gasteiger partial charge in [-0.2, -0.15) is 0 Å². The van der Waals surface area contributed by atoms with Gasteiger partial charge in [-0.05, 0) is 30.2 Å². The summed E-state index contributed by atoms with van der Waals surface area (Å²) < 4.78 is -0.922. The van der Waals surface area contributed by atoms with E-state index < -0.39 is 9.75 Å². The number of carbonyl (C=O) groups is 1. The molecule has 0 spiro atoms. The normalized spacial score (nSPS) is 26.8. The number of nitrogens with one attached hydrogen (secondary N) is 1. The molecule has 2 rings (SSSR count). The first-order valence-electron chi connectivity index (χ1n) is 6.30. The molecule has 0 aliphatic heterocycles. The number of carbonyl (C=O) groups excluding carboxylic acids is 1. The summed E-state index contributed by atoms with van der Waals surface area (Å²) in [6.07, 6.45) is 0.510. The van der Waals surface area contributed by atoms with Gasteiger partial charge in [0.05, 0.1) is 11.5 Å². The third kappa shape index (κ3) is 2.79. The molecule has 1 aliphatic rings. The van der Waals surface area contributed by atoms with Crippen molar-refractivity contribution in [2.45, 2.75) is 44.5 Å². The molecule has 2 nitrogen and oxygen atoms in total. The molecule has 1 heterocycles. The highest BCUT2D eigenvalue weighted by Gasteiger charge is 2.68. The fourth-order valence-corrected chi connectivity index (χ4v) is 3.83. The van der Waals surface area contributed by atoms with Crippen LogP contribution in [0.15, 0.2) is 17.5 Å². The standard InChI is InChI=1S/C14H19Cl2NOS/c1-12(2,3)10(9-6-5-7-19-9)17-11(18)13(4)8-14(13,15)16/h5-7,10H,8H2,1-4H3,(H,17,18). The van der Waals surface area contributed by atoms with E-state index in [0.717, 1.165) is 4.88 Å². The molecule has 5 heteroatoms. The van der Waals surface area contributed by atoms with Crippen LogP contribution in [0, 0.1) is 10.8 Å². The van der Waals surface area contributed by atoms with Crippen LogP contribution >= 0.6 is 34.5 Å². The van der Waals surface area contributed by atoms with Crippen molar-refractivity contribution < 1.29 is 4.79 Å². The monoisotopic (exact) mass is 319 g/mol. The second-order valence-electron chi connectivity index (χ2n) is 6.50. The zero-order chi connectivity index (χ0) is 14.5. The topological polar surface area (TPSA) is 29.1 Å². The van der Waals surface area contributed by atoms with E-state index >= 15 is 0 Å². The summed E-state index contributed by atoms with van der Waals surface area (Å²) in [4.78, 5) is 13.6. The summed E-state index contributed by atoms with van der Waals surface area (Å²) in [5.74, 6) is -0.0641. The highest BCUT2D eigenvalue weighted by atomic mass is 35.5. The molecular formula is C14H19Cl2NOS. The van der Waals surface area contributed by atoms with E-state index in [1.165, 1.54) is 0 Å². The van der Waals surface area contributed by atoms with Gasteiger partial charge in [-0.15, -0.1) is 34.5 Å². The van der Waals surface area contributed by atoms with Gasteiger partial charge >= 0.3 is 0 Å². The number of halogens is 2. The molecule has 1 N–H and O–H groups in total. The smallest absolute Gasteiger partial charge is 0.229 e. The molecule has 1 aromatic heterocycles. The van der Waals surface area contributed by atoms with Crippen molar-refractivity contribution >= 4 is 40.4 Å². The fraction of sp³-hybridized carbons (Fsp3) is 0.643. The molecule has 0 saturated heterocycles. The number of alkyl halides is 2. The Labute approximate surface area is 128 Å². The summed E-state index contributed by atoms with van der Waals surface area (Å²) in [5.41, 5.74) is -0.732. The van der Waals surface area contributed by atoms with Gasteiger partial charge in [0.2, 0.25) is 5.91 Å². The van der Waals surface area contributed by atoms with Gasteiger partial charge in [-0.3, -0.25) is 4.79 Å². The third-order valence-corrected chi connectivity index (χ3v) is 5.77. The Balaban J connectivity index is 2.17. The second-order valence-corrected chi connectivity index (χ2v) is 8.96. The van der Waals surface area contributed by atoms with E-state index in [-0.39, 0.29) is 17.4 Å². The molecule has 0 radical (unpaired) electrons. The molecule has 2 atom stereocenters. The van der Waals surface area contributed by atoms with Crippen LogP contribution in [0.25, 0.3) is 0 Å². The Kier molecular flexibility index (Phi) is 3.70. The first-order chi connectivity index (χ1) is 8.58. The minimum Gasteiger partial charge on any atom is -0.347 e. The van der Waals surface area contributed by atoms with Crippen LogP contribution in [0.3, 0.4) is 0 Å². The summed E-state index contributed by atoms with van der Waals surface area (Å²) in [5, 5.41) is 5.14. The van der Waals surface area contributed by atoms with E-state index in [4.69, 9.17) is 23.2 Å². The molecule has 1 aliphatic carbocycles. The number of amides is 1. The summed E-state index contributed by atoms with van der Waals surface area (Å²) in [6.45, 7) is 8.15. The van der Waals surface area contributed by atoms with Gasteiger partial charge in [0, 0.05) is 4.88 Å². The Morgan fingerprint density at radius 1 is 1.47 bits per heavy atom. The Hall–Kier alpha value is -0.250. The van der Waals surface area contributed by atoms with Gasteiger partial charge in [0.25, 0.3) is 0 Å². The molecule has 1 amide bonds. The highest BCUT2D eigenvalue weighted by Crippen LogP contribution is 2.64. The molecule has 0 bridgehead atoms. The van der Waals surface area contributed by atoms with Gasteiger partial charge in [0.15, 0.2) is 0 Å². The van der Waals surface area contributed by atoms with Crippen molar-refractivity contribution in [3.63, 3.8) is 0 Å². The summed E-state index contributed by atoms with van der Waals surface area (Å²) in [6, 6.07) is 4.02. The van der Waals surface area contributed by atoms with Gasteiger partial charge in [-0.1, -0.05) is 26.8 Å². The lowest BCUT2D eigenvalue weighted by molar-refractivity contribution is -0.127. The Bertz CT molecular complexity index is 478. The summed E-state index contributed by atoms with van der Waals surface area (Å²) in [7, 11) is 0. The predicted octanol–water partition coefficient (Wildman–Crippen LogP) is 4.54. The van der Waals surface area contributed by atoms with Crippen LogP contribution < -0.4 is 5.32 Å². The van der Waals surface area contributed by atoms with Gasteiger partial charge in [0.1, 0.15) is 4.33 Å². The third-order valence-electron chi connectivity index (χ3n) is 3.73. The SMILES string of the molecule is CC(C)(C)C(NC(=O)C1(C)CC1(Cl)Cl)c1cccs1. The maximum absolute atomic E-state index is 12.4. The molecule has 106 valence electrons. The molecule has 1 saturated carbocycles. The first kappa shape index (κ1) is 15.1. The average Bonchev–Trinajstić information content (AvgIpc) is 2.70. The van der Waals surface area contributed by atoms with Crippen LogP contribution in [0.5, 0.6) is 0 Å². The quantitative estimate of drug-likeness (QED) is 0.814. The first-order valence-corrected chi connectivity index (χ1v) is 7.94. The Morgan fingerprint density at radius 3 is 2.42 bits per heavy atom. The van der Waals surface area contributed by atoms with Crippen molar-refractivity contribution in [1.82, 2.24) is 5.32 Å².